The molecule has 144 valence electrons. The molecule has 0 aromatic heterocycles. The van der Waals surface area contributed by atoms with Gasteiger partial charge in [-0.2, -0.15) is 0 Å². The van der Waals surface area contributed by atoms with E-state index in [9.17, 15) is 9.18 Å². The minimum absolute atomic E-state index is 0.0885. The Morgan fingerprint density at radius 2 is 1.85 bits per heavy atom. The molecule has 1 saturated heterocycles. The third kappa shape index (κ3) is 7.23. The van der Waals surface area contributed by atoms with Crippen LogP contribution in [0.2, 0.25) is 0 Å². The molecule has 1 aliphatic rings. The van der Waals surface area contributed by atoms with Crippen molar-refractivity contribution in [2.45, 2.75) is 6.42 Å². The Hall–Kier alpha value is -1.77. The Labute approximate surface area is 160 Å². The molecule has 8 heteroatoms. The lowest BCUT2D eigenvalue weighted by molar-refractivity contribution is -0.117. The van der Waals surface area contributed by atoms with E-state index in [1.807, 2.05) is 0 Å². The van der Waals surface area contributed by atoms with Gasteiger partial charge in [0, 0.05) is 38.4 Å². The van der Waals surface area contributed by atoms with E-state index in [1.165, 1.54) is 12.1 Å². The molecule has 0 aliphatic carbocycles. The van der Waals surface area contributed by atoms with Crippen LogP contribution in [0.4, 0.5) is 10.1 Å². The van der Waals surface area contributed by atoms with Gasteiger partial charge in [-0.3, -0.25) is 9.69 Å². The van der Waals surface area contributed by atoms with Gasteiger partial charge >= 0.3 is 0 Å². The van der Waals surface area contributed by atoms with E-state index in [0.29, 0.717) is 12.2 Å². The molecule has 6 nitrogen and oxygen atoms in total. The summed E-state index contributed by atoms with van der Waals surface area (Å²) in [4.78, 5) is 18.5. The number of hydrogen-bond acceptors (Lipinski definition) is 4. The minimum Gasteiger partial charge on any atom is -0.363 e. The maximum atomic E-state index is 12.9. The summed E-state index contributed by atoms with van der Waals surface area (Å²) in [7, 11) is 4.12. The molecule has 0 atom stereocenters. The van der Waals surface area contributed by atoms with Crippen LogP contribution >= 0.6 is 12.2 Å². The highest BCUT2D eigenvalue weighted by Gasteiger charge is 2.20. The first kappa shape index (κ1) is 20.5. The van der Waals surface area contributed by atoms with Crippen LogP contribution in [0.5, 0.6) is 0 Å². The second kappa shape index (κ2) is 10.4. The molecule has 2 rings (SSSR count). The zero-order chi connectivity index (χ0) is 18.9. The molecule has 1 aliphatic heterocycles. The molecule has 0 saturated carbocycles. The largest absolute Gasteiger partial charge is 0.363 e. The van der Waals surface area contributed by atoms with Crippen molar-refractivity contribution >= 4 is 28.9 Å². The number of thiocarbonyl (C=S) groups is 1. The SMILES string of the molecule is CN(C)CCCNC(=S)N1CCN(CC(=O)Nc2ccc(F)cc2)CC1. The van der Waals surface area contributed by atoms with E-state index in [1.54, 1.807) is 12.1 Å². The molecule has 1 fully saturated rings. The van der Waals surface area contributed by atoms with Gasteiger partial charge in [0.05, 0.1) is 6.54 Å². The second-order valence-corrected chi connectivity index (χ2v) is 7.09. The Morgan fingerprint density at radius 3 is 2.46 bits per heavy atom. The monoisotopic (exact) mass is 381 g/mol. The molecule has 26 heavy (non-hydrogen) atoms. The normalized spacial score (nSPS) is 15.2. The van der Waals surface area contributed by atoms with Gasteiger partial charge in [0.2, 0.25) is 5.91 Å². The van der Waals surface area contributed by atoms with Crippen molar-refractivity contribution in [3.63, 3.8) is 0 Å². The van der Waals surface area contributed by atoms with Crippen LogP contribution in [0.25, 0.3) is 0 Å². The van der Waals surface area contributed by atoms with Crippen molar-refractivity contribution in [2.24, 2.45) is 0 Å². The lowest BCUT2D eigenvalue weighted by Gasteiger charge is -2.35. The number of nitrogens with zero attached hydrogens (tertiary/aromatic N) is 3. The van der Waals surface area contributed by atoms with Gasteiger partial charge < -0.3 is 20.4 Å². The van der Waals surface area contributed by atoms with E-state index >= 15 is 0 Å². The van der Waals surface area contributed by atoms with Crippen LogP contribution in [0, 0.1) is 5.82 Å². The Morgan fingerprint density at radius 1 is 1.19 bits per heavy atom. The fourth-order valence-corrected chi connectivity index (χ4v) is 3.03. The molecule has 1 aromatic carbocycles. The first-order valence-electron chi connectivity index (χ1n) is 8.89. The summed E-state index contributed by atoms with van der Waals surface area (Å²) in [5, 5.41) is 6.88. The zero-order valence-corrected chi connectivity index (χ0v) is 16.3. The third-order valence-corrected chi connectivity index (χ3v) is 4.62. The number of halogens is 1. The number of nitrogens with one attached hydrogen (secondary N) is 2. The van der Waals surface area contributed by atoms with E-state index < -0.39 is 0 Å². The van der Waals surface area contributed by atoms with Gasteiger partial charge in [-0.15, -0.1) is 0 Å². The van der Waals surface area contributed by atoms with Gasteiger partial charge in [0.1, 0.15) is 5.82 Å². The summed E-state index contributed by atoms with van der Waals surface area (Å²) in [6.45, 7) is 5.43. The summed E-state index contributed by atoms with van der Waals surface area (Å²) < 4.78 is 12.9. The number of carbonyl (C=O) groups excluding carboxylic acids is 1. The van der Waals surface area contributed by atoms with Gasteiger partial charge in [0.15, 0.2) is 5.11 Å². The zero-order valence-electron chi connectivity index (χ0n) is 15.5. The molecular formula is C18H28FN5OS. The molecule has 1 heterocycles. The standard InChI is InChI=1S/C18H28FN5OS/c1-22(2)9-3-8-20-18(26)24-12-10-23(11-13-24)14-17(25)21-16-6-4-15(19)5-7-16/h4-7H,3,8-14H2,1-2H3,(H,20,26)(H,21,25). The van der Waals surface area contributed by atoms with E-state index in [-0.39, 0.29) is 11.7 Å². The number of amides is 1. The van der Waals surface area contributed by atoms with Crippen LogP contribution < -0.4 is 10.6 Å². The number of piperazine rings is 1. The molecule has 1 aromatic rings. The highest BCUT2D eigenvalue weighted by Crippen LogP contribution is 2.09. The molecular weight excluding hydrogens is 353 g/mol. The predicted molar refractivity (Wildman–Crippen MR) is 107 cm³/mol. The number of benzene rings is 1. The molecule has 0 unspecified atom stereocenters. The Bertz CT molecular complexity index is 588. The summed E-state index contributed by atoms with van der Waals surface area (Å²) in [6.07, 6.45) is 1.05. The number of rotatable bonds is 7. The van der Waals surface area contributed by atoms with Crippen molar-refractivity contribution in [1.82, 2.24) is 20.0 Å². The van der Waals surface area contributed by atoms with Crippen LogP contribution in [-0.4, -0.2) is 85.6 Å². The van der Waals surface area contributed by atoms with Crippen molar-refractivity contribution in [3.05, 3.63) is 30.1 Å². The maximum absolute atomic E-state index is 12.9. The fraction of sp³-hybridized carbons (Fsp3) is 0.556. The number of carbonyl (C=O) groups is 1. The summed E-state index contributed by atoms with van der Waals surface area (Å²) >= 11 is 5.45. The molecule has 0 spiro atoms. The van der Waals surface area contributed by atoms with Crippen molar-refractivity contribution in [3.8, 4) is 0 Å². The summed E-state index contributed by atoms with van der Waals surface area (Å²) in [5.74, 6) is -0.403. The van der Waals surface area contributed by atoms with Crippen molar-refractivity contribution < 1.29 is 9.18 Å². The van der Waals surface area contributed by atoms with Gasteiger partial charge in [-0.1, -0.05) is 0 Å². The number of anilines is 1. The van der Waals surface area contributed by atoms with Crippen molar-refractivity contribution in [2.75, 3.05) is 65.2 Å². The second-order valence-electron chi connectivity index (χ2n) is 6.71. The fourth-order valence-electron chi connectivity index (χ4n) is 2.75. The lowest BCUT2D eigenvalue weighted by Crippen LogP contribution is -2.53. The van der Waals surface area contributed by atoms with E-state index in [0.717, 1.165) is 50.8 Å². The third-order valence-electron chi connectivity index (χ3n) is 4.21. The summed E-state index contributed by atoms with van der Waals surface area (Å²) in [6, 6.07) is 5.79. The van der Waals surface area contributed by atoms with Crippen molar-refractivity contribution in [1.29, 1.82) is 0 Å². The lowest BCUT2D eigenvalue weighted by atomic mass is 10.3. The highest BCUT2D eigenvalue weighted by atomic mass is 32.1. The average Bonchev–Trinajstić information content (AvgIpc) is 2.61. The molecule has 1 amide bonds. The smallest absolute Gasteiger partial charge is 0.238 e. The van der Waals surface area contributed by atoms with Crippen LogP contribution in [-0.2, 0) is 4.79 Å². The van der Waals surface area contributed by atoms with E-state index in [4.69, 9.17) is 12.2 Å². The topological polar surface area (TPSA) is 50.9 Å². The average molecular weight is 382 g/mol. The quantitative estimate of drug-likeness (QED) is 0.547. The Kier molecular flexibility index (Phi) is 8.21. The molecule has 0 radical (unpaired) electrons. The van der Waals surface area contributed by atoms with Gasteiger partial charge in [-0.05, 0) is 63.5 Å². The highest BCUT2D eigenvalue weighted by molar-refractivity contribution is 7.80. The van der Waals surface area contributed by atoms with Gasteiger partial charge in [-0.25, -0.2) is 4.39 Å². The first-order chi connectivity index (χ1) is 12.4. The van der Waals surface area contributed by atoms with Crippen LogP contribution in [0.1, 0.15) is 6.42 Å². The van der Waals surface area contributed by atoms with E-state index in [2.05, 4.69) is 39.4 Å². The first-order valence-corrected chi connectivity index (χ1v) is 9.30. The number of hydrogen-bond donors (Lipinski definition) is 2. The van der Waals surface area contributed by atoms with Gasteiger partial charge in [0.25, 0.3) is 0 Å². The van der Waals surface area contributed by atoms with Crippen LogP contribution in [0.3, 0.4) is 0 Å². The Balaban J connectivity index is 1.65. The molecule has 0 bridgehead atoms. The van der Waals surface area contributed by atoms with Crippen LogP contribution in [0.15, 0.2) is 24.3 Å². The minimum atomic E-state index is -0.314. The predicted octanol–water partition coefficient (Wildman–Crippen LogP) is 1.21. The summed E-state index contributed by atoms with van der Waals surface area (Å²) in [5.41, 5.74) is 0.609. The maximum Gasteiger partial charge on any atom is 0.238 e. The molecule has 2 N–H and O–H groups in total.